The van der Waals surface area contributed by atoms with Crippen molar-refractivity contribution in [1.29, 1.82) is 0 Å². The van der Waals surface area contributed by atoms with E-state index in [0.29, 0.717) is 34.7 Å². The van der Waals surface area contributed by atoms with Gasteiger partial charge >= 0.3 is 0 Å². The summed E-state index contributed by atoms with van der Waals surface area (Å²) in [6.07, 6.45) is 4.78. The maximum Gasteiger partial charge on any atom is 0.166 e. The summed E-state index contributed by atoms with van der Waals surface area (Å²) in [6, 6.07) is 4.00. The molecule has 1 saturated heterocycles. The molecule has 0 saturated carbocycles. The SMILES string of the molecule is COc1cc(Cl)cc(CO)c1OCCC1CCCCN1C. The molecular weight excluding hydrogens is 290 g/mol. The van der Waals surface area contributed by atoms with Crippen LogP contribution in [0.15, 0.2) is 12.1 Å². The molecule has 1 atom stereocenters. The number of halogens is 1. The van der Waals surface area contributed by atoms with Crippen LogP contribution in [0.4, 0.5) is 0 Å². The Bertz CT molecular complexity index is 442. The molecule has 0 aromatic heterocycles. The third kappa shape index (κ3) is 4.25. The summed E-state index contributed by atoms with van der Waals surface area (Å²) in [5, 5.41) is 9.99. The third-order valence-electron chi connectivity index (χ3n) is 4.11. The van der Waals surface area contributed by atoms with Crippen LogP contribution in [0.3, 0.4) is 0 Å². The summed E-state index contributed by atoms with van der Waals surface area (Å²) in [5.74, 6) is 1.17. The van der Waals surface area contributed by atoms with E-state index in [4.69, 9.17) is 21.1 Å². The summed E-state index contributed by atoms with van der Waals surface area (Å²) in [7, 11) is 3.75. The Morgan fingerprint density at radius 3 is 2.86 bits per heavy atom. The Kier molecular flexibility index (Phi) is 6.15. The summed E-state index contributed by atoms with van der Waals surface area (Å²) in [4.78, 5) is 2.40. The van der Waals surface area contributed by atoms with Crippen LogP contribution in [0, 0.1) is 0 Å². The summed E-state index contributed by atoms with van der Waals surface area (Å²) >= 11 is 6.00. The second-order valence-corrected chi connectivity index (χ2v) is 5.96. The molecule has 0 aliphatic carbocycles. The van der Waals surface area contributed by atoms with Crippen molar-refractivity contribution in [3.63, 3.8) is 0 Å². The molecule has 1 unspecified atom stereocenters. The highest BCUT2D eigenvalue weighted by molar-refractivity contribution is 6.30. The first-order chi connectivity index (χ1) is 10.2. The highest BCUT2D eigenvalue weighted by Crippen LogP contribution is 2.35. The molecule has 4 nitrogen and oxygen atoms in total. The number of likely N-dealkylation sites (tertiary alicyclic amines) is 1. The van der Waals surface area contributed by atoms with Crippen LogP contribution in [0.25, 0.3) is 0 Å². The van der Waals surface area contributed by atoms with Crippen molar-refractivity contribution in [2.24, 2.45) is 0 Å². The molecule has 0 bridgehead atoms. The molecule has 1 aliphatic heterocycles. The fraction of sp³-hybridized carbons (Fsp3) is 0.625. The normalized spacial score (nSPS) is 19.5. The van der Waals surface area contributed by atoms with Crippen LogP contribution in [0.1, 0.15) is 31.2 Å². The van der Waals surface area contributed by atoms with Gasteiger partial charge in [-0.15, -0.1) is 0 Å². The number of benzene rings is 1. The zero-order valence-electron chi connectivity index (χ0n) is 12.8. The van der Waals surface area contributed by atoms with Gasteiger partial charge < -0.3 is 19.5 Å². The quantitative estimate of drug-likeness (QED) is 0.876. The van der Waals surface area contributed by atoms with Gasteiger partial charge in [0, 0.05) is 22.7 Å². The van der Waals surface area contributed by atoms with Gasteiger partial charge in [0.15, 0.2) is 11.5 Å². The van der Waals surface area contributed by atoms with E-state index < -0.39 is 0 Å². The number of hydrogen-bond donors (Lipinski definition) is 1. The van der Waals surface area contributed by atoms with Crippen molar-refractivity contribution in [3.8, 4) is 11.5 Å². The molecule has 5 heteroatoms. The molecule has 21 heavy (non-hydrogen) atoms. The number of methoxy groups -OCH3 is 1. The van der Waals surface area contributed by atoms with E-state index in [9.17, 15) is 5.11 Å². The number of aliphatic hydroxyl groups is 1. The van der Waals surface area contributed by atoms with Crippen LogP contribution in [0.2, 0.25) is 5.02 Å². The standard InChI is InChI=1S/C16H24ClNO3/c1-18-7-4-3-5-14(18)6-8-21-16-12(11-19)9-13(17)10-15(16)20-2/h9-10,14,19H,3-8,11H2,1-2H3. The van der Waals surface area contributed by atoms with Crippen molar-refractivity contribution in [3.05, 3.63) is 22.7 Å². The largest absolute Gasteiger partial charge is 0.493 e. The maximum atomic E-state index is 9.45. The fourth-order valence-corrected chi connectivity index (χ4v) is 3.09. The first-order valence-corrected chi connectivity index (χ1v) is 7.83. The zero-order chi connectivity index (χ0) is 15.2. The maximum absolute atomic E-state index is 9.45. The van der Waals surface area contributed by atoms with Crippen LogP contribution in [-0.4, -0.2) is 43.4 Å². The molecule has 0 radical (unpaired) electrons. The molecule has 1 fully saturated rings. The second kappa shape index (κ2) is 7.87. The summed E-state index contributed by atoms with van der Waals surface area (Å²) < 4.78 is 11.2. The molecule has 2 rings (SSSR count). The smallest absolute Gasteiger partial charge is 0.166 e. The number of aliphatic hydroxyl groups excluding tert-OH is 1. The minimum Gasteiger partial charge on any atom is -0.493 e. The first-order valence-electron chi connectivity index (χ1n) is 7.46. The minimum atomic E-state index is -0.115. The number of ether oxygens (including phenoxy) is 2. The Morgan fingerprint density at radius 1 is 1.38 bits per heavy atom. The predicted molar refractivity (Wildman–Crippen MR) is 84.3 cm³/mol. The second-order valence-electron chi connectivity index (χ2n) is 5.52. The van der Waals surface area contributed by atoms with E-state index in [2.05, 4.69) is 11.9 Å². The average Bonchev–Trinajstić information content (AvgIpc) is 2.49. The van der Waals surface area contributed by atoms with E-state index in [1.807, 2.05) is 0 Å². The lowest BCUT2D eigenvalue weighted by Gasteiger charge is -2.32. The van der Waals surface area contributed by atoms with Crippen molar-refractivity contribution < 1.29 is 14.6 Å². The van der Waals surface area contributed by atoms with E-state index in [1.165, 1.54) is 19.3 Å². The molecule has 118 valence electrons. The molecular formula is C16H24ClNO3. The number of piperidine rings is 1. The minimum absolute atomic E-state index is 0.115. The van der Waals surface area contributed by atoms with Gasteiger partial charge in [-0.3, -0.25) is 0 Å². The third-order valence-corrected chi connectivity index (χ3v) is 4.32. The molecule has 1 heterocycles. The van der Waals surface area contributed by atoms with Crippen molar-refractivity contribution in [2.75, 3.05) is 27.3 Å². The van der Waals surface area contributed by atoms with Crippen molar-refractivity contribution in [2.45, 2.75) is 38.3 Å². The molecule has 1 N–H and O–H groups in total. The van der Waals surface area contributed by atoms with Gasteiger partial charge in [0.25, 0.3) is 0 Å². The van der Waals surface area contributed by atoms with Gasteiger partial charge in [-0.2, -0.15) is 0 Å². The molecule has 0 amide bonds. The van der Waals surface area contributed by atoms with Gasteiger partial charge in [-0.05, 0) is 38.9 Å². The molecule has 1 aromatic carbocycles. The van der Waals surface area contributed by atoms with Crippen molar-refractivity contribution in [1.82, 2.24) is 4.90 Å². The predicted octanol–water partition coefficient (Wildman–Crippen LogP) is 3.09. The monoisotopic (exact) mass is 313 g/mol. The van der Waals surface area contributed by atoms with Crippen molar-refractivity contribution >= 4 is 11.6 Å². The Morgan fingerprint density at radius 2 is 2.19 bits per heavy atom. The average molecular weight is 314 g/mol. The van der Waals surface area contributed by atoms with Crippen LogP contribution in [0.5, 0.6) is 11.5 Å². The van der Waals surface area contributed by atoms with E-state index in [1.54, 1.807) is 19.2 Å². The van der Waals surface area contributed by atoms with Gasteiger partial charge in [0.05, 0.1) is 20.3 Å². The highest BCUT2D eigenvalue weighted by atomic mass is 35.5. The number of nitrogens with zero attached hydrogens (tertiary/aromatic N) is 1. The molecule has 1 aromatic rings. The summed E-state index contributed by atoms with van der Waals surface area (Å²) in [5.41, 5.74) is 0.663. The van der Waals surface area contributed by atoms with E-state index in [0.717, 1.165) is 13.0 Å². The van der Waals surface area contributed by atoms with Crippen LogP contribution < -0.4 is 9.47 Å². The number of hydrogen-bond acceptors (Lipinski definition) is 4. The fourth-order valence-electron chi connectivity index (χ4n) is 2.86. The highest BCUT2D eigenvalue weighted by Gasteiger charge is 2.19. The van der Waals surface area contributed by atoms with Gasteiger partial charge in [0.1, 0.15) is 0 Å². The van der Waals surface area contributed by atoms with Crippen LogP contribution >= 0.6 is 11.6 Å². The first kappa shape index (κ1) is 16.4. The van der Waals surface area contributed by atoms with E-state index in [-0.39, 0.29) is 6.61 Å². The molecule has 1 aliphatic rings. The molecule has 0 spiro atoms. The lowest BCUT2D eigenvalue weighted by Crippen LogP contribution is -2.37. The van der Waals surface area contributed by atoms with Crippen LogP contribution in [-0.2, 0) is 6.61 Å². The van der Waals surface area contributed by atoms with Gasteiger partial charge in [-0.25, -0.2) is 0 Å². The Hall–Kier alpha value is -0.970. The van der Waals surface area contributed by atoms with E-state index >= 15 is 0 Å². The lowest BCUT2D eigenvalue weighted by atomic mass is 10.0. The topological polar surface area (TPSA) is 41.9 Å². The van der Waals surface area contributed by atoms with Gasteiger partial charge in [-0.1, -0.05) is 18.0 Å². The summed E-state index contributed by atoms with van der Waals surface area (Å²) in [6.45, 7) is 1.66. The Labute approximate surface area is 131 Å². The lowest BCUT2D eigenvalue weighted by molar-refractivity contribution is 0.150. The number of rotatable bonds is 6. The zero-order valence-corrected chi connectivity index (χ0v) is 13.5. The Balaban J connectivity index is 1.99. The van der Waals surface area contributed by atoms with Gasteiger partial charge in [0.2, 0.25) is 0 Å².